The average molecular weight is 467 g/mol. The normalized spacial score (nSPS) is 11.1. The summed E-state index contributed by atoms with van der Waals surface area (Å²) in [4.78, 5) is 28.9. The van der Waals surface area contributed by atoms with Crippen LogP contribution < -0.4 is 11.3 Å². The smallest absolute Gasteiger partial charge is 0.404 e. The van der Waals surface area contributed by atoms with Gasteiger partial charge in [0.1, 0.15) is 17.5 Å². The molecular formula is C20H20Cl2N4O3S. The number of aromatic nitrogens is 3. The van der Waals surface area contributed by atoms with Crippen LogP contribution in [0.25, 0.3) is 0 Å². The molecule has 30 heavy (non-hydrogen) atoms. The van der Waals surface area contributed by atoms with Gasteiger partial charge in [-0.25, -0.2) is 9.78 Å². The molecule has 2 aromatic heterocycles. The summed E-state index contributed by atoms with van der Waals surface area (Å²) in [6, 6.07) is 10.2. The highest BCUT2D eigenvalue weighted by molar-refractivity contribution is 7.99. The van der Waals surface area contributed by atoms with Gasteiger partial charge in [-0.15, -0.1) is 0 Å². The Kier molecular flexibility index (Phi) is 7.12. The molecule has 1 aromatic carbocycles. The van der Waals surface area contributed by atoms with Gasteiger partial charge in [0, 0.05) is 27.2 Å². The van der Waals surface area contributed by atoms with E-state index in [1.54, 1.807) is 36.5 Å². The number of benzene rings is 1. The fraction of sp³-hybridized carbons (Fsp3) is 0.250. The molecule has 0 fully saturated rings. The van der Waals surface area contributed by atoms with Gasteiger partial charge in [0.2, 0.25) is 0 Å². The molecule has 0 radical (unpaired) electrons. The Labute approximate surface area is 187 Å². The zero-order valence-electron chi connectivity index (χ0n) is 16.3. The highest BCUT2D eigenvalue weighted by atomic mass is 35.5. The molecule has 0 unspecified atom stereocenters. The maximum atomic E-state index is 12.3. The second-order valence-electron chi connectivity index (χ2n) is 6.77. The number of carbonyl (C=O) groups is 1. The minimum absolute atomic E-state index is 0.0724. The van der Waals surface area contributed by atoms with E-state index in [0.29, 0.717) is 15.9 Å². The van der Waals surface area contributed by atoms with Gasteiger partial charge in [-0.05, 0) is 30.2 Å². The van der Waals surface area contributed by atoms with Crippen LogP contribution in [-0.2, 0) is 18.0 Å². The van der Waals surface area contributed by atoms with Crippen molar-refractivity contribution in [3.8, 4) is 0 Å². The molecular weight excluding hydrogens is 447 g/mol. The molecule has 7 nitrogen and oxygen atoms in total. The van der Waals surface area contributed by atoms with E-state index >= 15 is 0 Å². The van der Waals surface area contributed by atoms with Gasteiger partial charge in [0.25, 0.3) is 5.56 Å². The van der Waals surface area contributed by atoms with Crippen molar-refractivity contribution in [1.29, 1.82) is 0 Å². The van der Waals surface area contributed by atoms with Crippen LogP contribution in [0.15, 0.2) is 57.3 Å². The largest absolute Gasteiger partial charge is 0.442 e. The predicted molar refractivity (Wildman–Crippen MR) is 117 cm³/mol. The fourth-order valence-electron chi connectivity index (χ4n) is 2.81. The Bertz CT molecular complexity index is 1110. The quantitative estimate of drug-likeness (QED) is 0.543. The summed E-state index contributed by atoms with van der Waals surface area (Å²) >= 11 is 13.7. The summed E-state index contributed by atoms with van der Waals surface area (Å²) < 4.78 is 8.36. The topological polar surface area (TPSA) is 92.1 Å². The summed E-state index contributed by atoms with van der Waals surface area (Å²) in [5.41, 5.74) is 5.77. The number of carbonyl (C=O) groups excluding carboxylic acids is 1. The number of rotatable bonds is 7. The Morgan fingerprint density at radius 3 is 2.53 bits per heavy atom. The molecule has 0 aliphatic carbocycles. The number of imidazole rings is 1. The van der Waals surface area contributed by atoms with Gasteiger partial charge < -0.3 is 15.0 Å². The number of amides is 1. The van der Waals surface area contributed by atoms with Crippen molar-refractivity contribution in [2.24, 2.45) is 5.73 Å². The van der Waals surface area contributed by atoms with Crippen LogP contribution in [0.5, 0.6) is 0 Å². The maximum Gasteiger partial charge on any atom is 0.404 e. The van der Waals surface area contributed by atoms with Crippen molar-refractivity contribution in [3.63, 3.8) is 0 Å². The van der Waals surface area contributed by atoms with E-state index in [4.69, 9.17) is 33.7 Å². The number of hydrogen-bond acceptors (Lipinski definition) is 5. The zero-order valence-corrected chi connectivity index (χ0v) is 18.7. The van der Waals surface area contributed by atoms with Crippen LogP contribution in [0.1, 0.15) is 31.3 Å². The van der Waals surface area contributed by atoms with Gasteiger partial charge in [0.05, 0.1) is 5.69 Å². The van der Waals surface area contributed by atoms with Crippen molar-refractivity contribution < 1.29 is 9.53 Å². The summed E-state index contributed by atoms with van der Waals surface area (Å²) in [7, 11) is 0. The number of nitrogens with zero attached hydrogens (tertiary/aromatic N) is 3. The SMILES string of the molecule is CC(C)c1nc(COC(N)=O)n(Cn2ccccc2=O)c1Sc1cc(Cl)cc(Cl)c1. The Morgan fingerprint density at radius 2 is 1.93 bits per heavy atom. The number of nitrogens with two attached hydrogens (primary N) is 1. The standard InChI is InChI=1S/C20H20Cl2N4O3S/c1-12(2)18-19(30-15-8-13(21)7-14(22)9-15)26(16(24-18)10-29-20(23)28)11-25-6-4-3-5-17(25)27/h3-9,12H,10-11H2,1-2H3,(H2,23,28). The Morgan fingerprint density at radius 1 is 1.23 bits per heavy atom. The molecule has 1 amide bonds. The van der Waals surface area contributed by atoms with Crippen LogP contribution in [0.2, 0.25) is 10.0 Å². The van der Waals surface area contributed by atoms with Gasteiger partial charge in [-0.2, -0.15) is 0 Å². The molecule has 10 heteroatoms. The number of hydrogen-bond donors (Lipinski definition) is 1. The zero-order chi connectivity index (χ0) is 21.8. The van der Waals surface area contributed by atoms with E-state index in [9.17, 15) is 9.59 Å². The van der Waals surface area contributed by atoms with Crippen LogP contribution in [0.4, 0.5) is 4.79 Å². The second-order valence-corrected chi connectivity index (χ2v) is 8.70. The first kappa shape index (κ1) is 22.3. The lowest BCUT2D eigenvalue weighted by molar-refractivity contribution is 0.145. The van der Waals surface area contributed by atoms with Gasteiger partial charge >= 0.3 is 6.09 Å². The van der Waals surface area contributed by atoms with Crippen molar-refractivity contribution in [2.45, 2.75) is 43.0 Å². The van der Waals surface area contributed by atoms with Crippen LogP contribution >= 0.6 is 35.0 Å². The van der Waals surface area contributed by atoms with Gasteiger partial charge in [-0.3, -0.25) is 9.36 Å². The third kappa shape index (κ3) is 5.38. The minimum atomic E-state index is -0.900. The molecule has 158 valence electrons. The van der Waals surface area contributed by atoms with Crippen LogP contribution in [-0.4, -0.2) is 20.2 Å². The Balaban J connectivity index is 2.12. The third-order valence-electron chi connectivity index (χ3n) is 4.16. The van der Waals surface area contributed by atoms with Crippen molar-refractivity contribution in [2.75, 3.05) is 0 Å². The van der Waals surface area contributed by atoms with E-state index in [1.807, 2.05) is 18.4 Å². The number of ether oxygens (including phenoxy) is 1. The third-order valence-corrected chi connectivity index (χ3v) is 5.69. The molecule has 0 spiro atoms. The van der Waals surface area contributed by atoms with E-state index in [2.05, 4.69) is 4.98 Å². The first-order valence-corrected chi connectivity index (χ1v) is 10.6. The molecule has 0 atom stereocenters. The molecule has 2 N–H and O–H groups in total. The summed E-state index contributed by atoms with van der Waals surface area (Å²) in [6.45, 7) is 4.09. The summed E-state index contributed by atoms with van der Waals surface area (Å²) in [5, 5.41) is 1.82. The Hall–Kier alpha value is -2.42. The molecule has 0 saturated heterocycles. The molecule has 0 aliphatic rings. The average Bonchev–Trinajstić information content (AvgIpc) is 2.98. The van der Waals surface area contributed by atoms with Crippen molar-refractivity contribution in [3.05, 3.63) is 74.5 Å². The lowest BCUT2D eigenvalue weighted by Crippen LogP contribution is -2.24. The summed E-state index contributed by atoms with van der Waals surface area (Å²) in [6.07, 6.45) is 0.782. The van der Waals surface area contributed by atoms with E-state index in [-0.39, 0.29) is 24.8 Å². The van der Waals surface area contributed by atoms with E-state index in [1.165, 1.54) is 22.4 Å². The highest BCUT2D eigenvalue weighted by Gasteiger charge is 2.22. The first-order valence-electron chi connectivity index (χ1n) is 9.05. The maximum absolute atomic E-state index is 12.3. The van der Waals surface area contributed by atoms with Crippen LogP contribution in [0.3, 0.4) is 0 Å². The lowest BCUT2D eigenvalue weighted by Gasteiger charge is -2.15. The molecule has 0 saturated carbocycles. The minimum Gasteiger partial charge on any atom is -0.442 e. The number of primary amides is 1. The number of halogens is 2. The first-order chi connectivity index (χ1) is 14.2. The van der Waals surface area contributed by atoms with Crippen molar-refractivity contribution >= 4 is 41.1 Å². The van der Waals surface area contributed by atoms with E-state index < -0.39 is 6.09 Å². The van der Waals surface area contributed by atoms with Crippen LogP contribution in [0, 0.1) is 0 Å². The molecule has 3 rings (SSSR count). The monoisotopic (exact) mass is 466 g/mol. The van der Waals surface area contributed by atoms with Gasteiger partial charge in [0.15, 0.2) is 6.61 Å². The fourth-order valence-corrected chi connectivity index (χ4v) is 4.72. The molecule has 3 aromatic rings. The number of pyridine rings is 1. The second kappa shape index (κ2) is 9.59. The molecule has 0 aliphatic heterocycles. The van der Waals surface area contributed by atoms with Gasteiger partial charge in [-0.1, -0.05) is 54.9 Å². The molecule has 2 heterocycles. The van der Waals surface area contributed by atoms with E-state index in [0.717, 1.165) is 15.6 Å². The molecule has 0 bridgehead atoms. The summed E-state index contributed by atoms with van der Waals surface area (Å²) in [5.74, 6) is 0.548. The lowest BCUT2D eigenvalue weighted by atomic mass is 10.1. The predicted octanol–water partition coefficient (Wildman–Crippen LogP) is 4.73. The van der Waals surface area contributed by atoms with Crippen molar-refractivity contribution in [1.82, 2.24) is 14.1 Å². The highest BCUT2D eigenvalue weighted by Crippen LogP contribution is 2.37.